The molecule has 3 nitrogen and oxygen atoms in total. The Morgan fingerprint density at radius 1 is 1.30 bits per heavy atom. The Balaban J connectivity index is 1.70. The number of hydrogen-bond acceptors (Lipinski definition) is 3. The third kappa shape index (κ3) is 5.61. The number of hydrogen-bond donors (Lipinski definition) is 1. The van der Waals surface area contributed by atoms with E-state index in [-0.39, 0.29) is 0 Å². The Bertz CT molecular complexity index is 375. The van der Waals surface area contributed by atoms with Gasteiger partial charge in [-0.1, -0.05) is 31.2 Å². The Labute approximate surface area is 122 Å². The van der Waals surface area contributed by atoms with E-state index >= 15 is 0 Å². The summed E-state index contributed by atoms with van der Waals surface area (Å²) in [6, 6.07) is 8.63. The maximum Gasteiger partial charge on any atom is 0.0808 e. The van der Waals surface area contributed by atoms with Gasteiger partial charge in [0.1, 0.15) is 0 Å². The molecule has 0 radical (unpaired) electrons. The second kappa shape index (κ2) is 9.11. The molecule has 20 heavy (non-hydrogen) atoms. The third-order valence-electron chi connectivity index (χ3n) is 3.59. The van der Waals surface area contributed by atoms with E-state index in [2.05, 4.69) is 36.5 Å². The minimum atomic E-state index is 0.304. The van der Waals surface area contributed by atoms with Crippen molar-refractivity contribution in [2.45, 2.75) is 51.9 Å². The average molecular weight is 277 g/mol. The van der Waals surface area contributed by atoms with E-state index in [1.807, 2.05) is 0 Å². The highest BCUT2D eigenvalue weighted by Gasteiger charge is 2.13. The maximum atomic E-state index is 5.79. The average Bonchev–Trinajstić information content (AvgIpc) is 2.49. The lowest BCUT2D eigenvalue weighted by Crippen LogP contribution is -2.24. The molecule has 1 heterocycles. The van der Waals surface area contributed by atoms with E-state index in [0.717, 1.165) is 32.7 Å². The zero-order chi connectivity index (χ0) is 14.0. The highest BCUT2D eigenvalue weighted by molar-refractivity contribution is 5.22. The molecule has 1 aliphatic heterocycles. The molecule has 0 saturated carbocycles. The van der Waals surface area contributed by atoms with E-state index in [4.69, 9.17) is 9.47 Å². The summed E-state index contributed by atoms with van der Waals surface area (Å²) >= 11 is 0. The number of rotatable bonds is 8. The van der Waals surface area contributed by atoms with Crippen molar-refractivity contribution in [2.24, 2.45) is 0 Å². The van der Waals surface area contributed by atoms with Gasteiger partial charge in [0.25, 0.3) is 0 Å². The number of benzene rings is 1. The first-order chi connectivity index (χ1) is 9.88. The lowest BCUT2D eigenvalue weighted by Gasteiger charge is -2.22. The van der Waals surface area contributed by atoms with Gasteiger partial charge in [-0.2, -0.15) is 0 Å². The van der Waals surface area contributed by atoms with Crippen LogP contribution in [0.15, 0.2) is 24.3 Å². The highest BCUT2D eigenvalue weighted by Crippen LogP contribution is 2.14. The smallest absolute Gasteiger partial charge is 0.0808 e. The van der Waals surface area contributed by atoms with Crippen LogP contribution in [0, 0.1) is 0 Å². The van der Waals surface area contributed by atoms with Crippen molar-refractivity contribution in [3.05, 3.63) is 35.4 Å². The molecule has 0 bridgehead atoms. The predicted molar refractivity (Wildman–Crippen MR) is 81.7 cm³/mol. The van der Waals surface area contributed by atoms with Crippen molar-refractivity contribution >= 4 is 0 Å². The first-order valence-electron chi connectivity index (χ1n) is 7.86. The van der Waals surface area contributed by atoms with Crippen LogP contribution >= 0.6 is 0 Å². The molecular weight excluding hydrogens is 250 g/mol. The zero-order valence-electron chi connectivity index (χ0n) is 12.6. The van der Waals surface area contributed by atoms with Crippen LogP contribution in [0.3, 0.4) is 0 Å². The van der Waals surface area contributed by atoms with E-state index in [0.29, 0.717) is 12.7 Å². The van der Waals surface area contributed by atoms with Crippen molar-refractivity contribution in [1.82, 2.24) is 5.32 Å². The highest BCUT2D eigenvalue weighted by atomic mass is 16.5. The predicted octanol–water partition coefficient (Wildman–Crippen LogP) is 3.27. The summed E-state index contributed by atoms with van der Waals surface area (Å²) in [5.41, 5.74) is 2.57. The van der Waals surface area contributed by atoms with Crippen LogP contribution in [0.1, 0.15) is 43.7 Å². The van der Waals surface area contributed by atoms with Gasteiger partial charge in [0.15, 0.2) is 0 Å². The standard InChI is InChI=1S/C17H27NO2/c1-2-9-18-12-15-6-5-7-16(11-15)13-19-14-17-8-3-4-10-20-17/h5-7,11,17-18H,2-4,8-10,12-14H2,1H3. The van der Waals surface area contributed by atoms with Gasteiger partial charge in [0.2, 0.25) is 0 Å². The molecule has 2 rings (SSSR count). The van der Waals surface area contributed by atoms with Crippen molar-refractivity contribution in [2.75, 3.05) is 19.8 Å². The molecule has 0 aliphatic carbocycles. The number of nitrogens with one attached hydrogen (secondary N) is 1. The molecule has 1 aliphatic rings. The van der Waals surface area contributed by atoms with Gasteiger partial charge in [0, 0.05) is 13.2 Å². The molecule has 1 atom stereocenters. The molecule has 1 aromatic carbocycles. The molecule has 1 fully saturated rings. The molecule has 3 heteroatoms. The van der Waals surface area contributed by atoms with Crippen molar-refractivity contribution in [3.63, 3.8) is 0 Å². The first-order valence-corrected chi connectivity index (χ1v) is 7.86. The Kier molecular flexibility index (Phi) is 7.06. The van der Waals surface area contributed by atoms with E-state index in [1.54, 1.807) is 0 Å². The zero-order valence-corrected chi connectivity index (χ0v) is 12.6. The van der Waals surface area contributed by atoms with Gasteiger partial charge in [-0.25, -0.2) is 0 Å². The summed E-state index contributed by atoms with van der Waals surface area (Å²) in [7, 11) is 0. The second-order valence-electron chi connectivity index (χ2n) is 5.50. The minimum Gasteiger partial charge on any atom is -0.376 e. The third-order valence-corrected chi connectivity index (χ3v) is 3.59. The van der Waals surface area contributed by atoms with Crippen LogP contribution in [0.4, 0.5) is 0 Å². The van der Waals surface area contributed by atoms with Gasteiger partial charge in [-0.15, -0.1) is 0 Å². The van der Waals surface area contributed by atoms with Gasteiger partial charge < -0.3 is 14.8 Å². The normalized spacial score (nSPS) is 19.1. The molecule has 0 amide bonds. The molecule has 1 unspecified atom stereocenters. The summed E-state index contributed by atoms with van der Waals surface area (Å²) in [6.07, 6.45) is 5.08. The van der Waals surface area contributed by atoms with Crippen molar-refractivity contribution < 1.29 is 9.47 Å². The lowest BCUT2D eigenvalue weighted by atomic mass is 10.1. The summed E-state index contributed by atoms with van der Waals surface area (Å²) < 4.78 is 11.5. The van der Waals surface area contributed by atoms with Crippen LogP contribution in [0.5, 0.6) is 0 Å². The molecule has 112 valence electrons. The Hall–Kier alpha value is -0.900. The molecule has 0 aromatic heterocycles. The summed E-state index contributed by atoms with van der Waals surface area (Å²) in [5, 5.41) is 3.43. The van der Waals surface area contributed by atoms with E-state index in [1.165, 1.54) is 30.4 Å². The molecular formula is C17H27NO2. The molecule has 1 aromatic rings. The van der Waals surface area contributed by atoms with Gasteiger partial charge >= 0.3 is 0 Å². The number of ether oxygens (including phenoxy) is 2. The van der Waals surface area contributed by atoms with E-state index in [9.17, 15) is 0 Å². The van der Waals surface area contributed by atoms with Crippen molar-refractivity contribution in [1.29, 1.82) is 0 Å². The van der Waals surface area contributed by atoms with Crippen LogP contribution in [-0.2, 0) is 22.6 Å². The van der Waals surface area contributed by atoms with Crippen molar-refractivity contribution in [3.8, 4) is 0 Å². The second-order valence-corrected chi connectivity index (χ2v) is 5.50. The van der Waals surface area contributed by atoms with Gasteiger partial charge in [-0.05, 0) is 43.4 Å². The lowest BCUT2D eigenvalue weighted by molar-refractivity contribution is -0.0447. The largest absolute Gasteiger partial charge is 0.376 e. The maximum absolute atomic E-state index is 5.79. The van der Waals surface area contributed by atoms with Gasteiger partial charge in [-0.3, -0.25) is 0 Å². The van der Waals surface area contributed by atoms with Crippen LogP contribution in [0.2, 0.25) is 0 Å². The van der Waals surface area contributed by atoms with Crippen LogP contribution in [-0.4, -0.2) is 25.9 Å². The first kappa shape index (κ1) is 15.5. The molecule has 1 N–H and O–H groups in total. The fourth-order valence-corrected chi connectivity index (χ4v) is 2.49. The summed E-state index contributed by atoms with van der Waals surface area (Å²) in [6.45, 7) is 6.49. The van der Waals surface area contributed by atoms with Gasteiger partial charge in [0.05, 0.1) is 19.3 Å². The summed E-state index contributed by atoms with van der Waals surface area (Å²) in [4.78, 5) is 0. The Morgan fingerprint density at radius 2 is 2.20 bits per heavy atom. The fraction of sp³-hybridized carbons (Fsp3) is 0.647. The SMILES string of the molecule is CCCNCc1cccc(COCC2CCCCO2)c1. The fourth-order valence-electron chi connectivity index (χ4n) is 2.49. The quantitative estimate of drug-likeness (QED) is 0.740. The van der Waals surface area contributed by atoms with E-state index < -0.39 is 0 Å². The van der Waals surface area contributed by atoms with Crippen LogP contribution in [0.25, 0.3) is 0 Å². The van der Waals surface area contributed by atoms with Crippen LogP contribution < -0.4 is 5.32 Å². The monoisotopic (exact) mass is 277 g/mol. The summed E-state index contributed by atoms with van der Waals surface area (Å²) in [5.74, 6) is 0. The molecule has 0 spiro atoms. The minimum absolute atomic E-state index is 0.304. The molecule has 1 saturated heterocycles. The topological polar surface area (TPSA) is 30.5 Å². The Morgan fingerprint density at radius 3 is 3.00 bits per heavy atom.